The summed E-state index contributed by atoms with van der Waals surface area (Å²) in [6.07, 6.45) is 8.84. The first kappa shape index (κ1) is 15.6. The van der Waals surface area contributed by atoms with Gasteiger partial charge in [-0.15, -0.1) is 0 Å². The average Bonchev–Trinajstić information content (AvgIpc) is 2.93. The highest BCUT2D eigenvalue weighted by atomic mass is 16.5. The van der Waals surface area contributed by atoms with Gasteiger partial charge in [0.25, 0.3) is 0 Å². The lowest BCUT2D eigenvalue weighted by Crippen LogP contribution is -2.43. The Kier molecular flexibility index (Phi) is 5.70. The fourth-order valence-corrected chi connectivity index (χ4v) is 3.52. The quantitative estimate of drug-likeness (QED) is 0.622. The van der Waals surface area contributed by atoms with E-state index in [1.807, 2.05) is 0 Å². The molecule has 1 heterocycles. The highest BCUT2D eigenvalue weighted by Crippen LogP contribution is 2.41. The number of nitrogens with zero attached hydrogens (tertiary/aromatic N) is 2. The van der Waals surface area contributed by atoms with Crippen LogP contribution < -0.4 is 5.73 Å². The van der Waals surface area contributed by atoms with Crippen molar-refractivity contribution in [3.63, 3.8) is 0 Å². The number of hydrogen-bond acceptors (Lipinski definition) is 2. The molecule has 2 aliphatic rings. The highest BCUT2D eigenvalue weighted by molar-refractivity contribution is 5.78. The summed E-state index contributed by atoms with van der Waals surface area (Å²) >= 11 is 0. The summed E-state index contributed by atoms with van der Waals surface area (Å²) in [4.78, 5) is 7.01. The minimum Gasteiger partial charge on any atom is -0.385 e. The maximum Gasteiger partial charge on any atom is 0.191 e. The van der Waals surface area contributed by atoms with Gasteiger partial charge in [-0.1, -0.05) is 19.8 Å². The molecule has 2 fully saturated rings. The molecule has 1 aliphatic heterocycles. The fourth-order valence-electron chi connectivity index (χ4n) is 3.52. The number of likely N-dealkylation sites (tertiary alicyclic amines) is 1. The van der Waals surface area contributed by atoms with Crippen molar-refractivity contribution in [3.8, 4) is 0 Å². The van der Waals surface area contributed by atoms with Crippen LogP contribution >= 0.6 is 0 Å². The standard InChI is InChI=1S/C16H31N3O/c1-14-5-10-19(11-6-14)15(17)18-13-16(9-12-20-2)7-3-4-8-16/h14H,3-13H2,1-2H3,(H2,17,18). The molecule has 1 saturated carbocycles. The van der Waals surface area contributed by atoms with Gasteiger partial charge in [-0.2, -0.15) is 0 Å². The molecule has 4 nitrogen and oxygen atoms in total. The minimum atomic E-state index is 0.351. The zero-order valence-corrected chi connectivity index (χ0v) is 13.2. The van der Waals surface area contributed by atoms with Gasteiger partial charge >= 0.3 is 0 Å². The molecule has 0 bridgehead atoms. The molecular formula is C16H31N3O. The largest absolute Gasteiger partial charge is 0.385 e. The van der Waals surface area contributed by atoms with Crippen molar-refractivity contribution >= 4 is 5.96 Å². The van der Waals surface area contributed by atoms with Crippen molar-refractivity contribution in [2.75, 3.05) is 33.4 Å². The molecular weight excluding hydrogens is 250 g/mol. The molecule has 0 spiro atoms. The van der Waals surface area contributed by atoms with Crippen molar-refractivity contribution in [1.82, 2.24) is 4.90 Å². The maximum absolute atomic E-state index is 6.20. The molecule has 0 aromatic rings. The monoisotopic (exact) mass is 281 g/mol. The lowest BCUT2D eigenvalue weighted by Gasteiger charge is -2.32. The number of hydrogen-bond donors (Lipinski definition) is 1. The van der Waals surface area contributed by atoms with E-state index < -0.39 is 0 Å². The molecule has 4 heteroatoms. The fraction of sp³-hybridized carbons (Fsp3) is 0.938. The zero-order valence-electron chi connectivity index (χ0n) is 13.2. The summed E-state index contributed by atoms with van der Waals surface area (Å²) in [6, 6.07) is 0. The molecule has 2 N–H and O–H groups in total. The Morgan fingerprint density at radius 1 is 1.30 bits per heavy atom. The SMILES string of the molecule is COCCC1(CN=C(N)N2CCC(C)CC2)CCCC1. The van der Waals surface area contributed by atoms with E-state index >= 15 is 0 Å². The van der Waals surface area contributed by atoms with E-state index in [1.165, 1.54) is 38.5 Å². The predicted molar refractivity (Wildman–Crippen MR) is 83.9 cm³/mol. The van der Waals surface area contributed by atoms with Gasteiger partial charge in [0.2, 0.25) is 0 Å². The Balaban J connectivity index is 1.88. The number of guanidine groups is 1. The van der Waals surface area contributed by atoms with Crippen LogP contribution in [0.2, 0.25) is 0 Å². The van der Waals surface area contributed by atoms with Crippen molar-refractivity contribution in [3.05, 3.63) is 0 Å². The third-order valence-electron chi connectivity index (χ3n) is 5.18. The van der Waals surface area contributed by atoms with Crippen LogP contribution in [-0.2, 0) is 4.74 Å². The van der Waals surface area contributed by atoms with E-state index in [-0.39, 0.29) is 0 Å². The van der Waals surface area contributed by atoms with E-state index in [1.54, 1.807) is 7.11 Å². The Morgan fingerprint density at radius 2 is 1.95 bits per heavy atom. The van der Waals surface area contributed by atoms with Gasteiger partial charge in [0, 0.05) is 33.4 Å². The average molecular weight is 281 g/mol. The predicted octanol–water partition coefficient (Wildman–Crippen LogP) is 2.63. The number of piperidine rings is 1. The van der Waals surface area contributed by atoms with Gasteiger partial charge in [-0.3, -0.25) is 4.99 Å². The van der Waals surface area contributed by atoms with Gasteiger partial charge in [-0.05, 0) is 43.4 Å². The molecule has 0 aromatic carbocycles. The summed E-state index contributed by atoms with van der Waals surface area (Å²) in [6.45, 7) is 6.19. The smallest absolute Gasteiger partial charge is 0.191 e. The lowest BCUT2D eigenvalue weighted by molar-refractivity contribution is 0.141. The number of rotatable bonds is 5. The Labute approximate surface area is 123 Å². The molecule has 0 unspecified atom stereocenters. The Morgan fingerprint density at radius 3 is 2.55 bits per heavy atom. The summed E-state index contributed by atoms with van der Waals surface area (Å²) in [5, 5.41) is 0. The van der Waals surface area contributed by atoms with Crippen LogP contribution in [0.15, 0.2) is 4.99 Å². The molecule has 2 rings (SSSR count). The molecule has 0 atom stereocenters. The van der Waals surface area contributed by atoms with Crippen LogP contribution in [0.5, 0.6) is 0 Å². The highest BCUT2D eigenvalue weighted by Gasteiger charge is 2.33. The van der Waals surface area contributed by atoms with Crippen molar-refractivity contribution in [2.24, 2.45) is 22.1 Å². The van der Waals surface area contributed by atoms with Crippen LogP contribution in [0.25, 0.3) is 0 Å². The molecule has 116 valence electrons. The summed E-state index contributed by atoms with van der Waals surface area (Å²) in [5.74, 6) is 1.60. The number of ether oxygens (including phenoxy) is 1. The first-order chi connectivity index (χ1) is 9.65. The van der Waals surface area contributed by atoms with Crippen molar-refractivity contribution in [1.29, 1.82) is 0 Å². The van der Waals surface area contributed by atoms with E-state index in [9.17, 15) is 0 Å². The van der Waals surface area contributed by atoms with E-state index in [0.717, 1.165) is 44.5 Å². The summed E-state index contributed by atoms with van der Waals surface area (Å²) in [5.41, 5.74) is 6.56. The molecule has 0 amide bonds. The summed E-state index contributed by atoms with van der Waals surface area (Å²) < 4.78 is 5.27. The van der Waals surface area contributed by atoms with Gasteiger partial charge in [0.1, 0.15) is 0 Å². The second-order valence-electron chi connectivity index (χ2n) is 6.79. The van der Waals surface area contributed by atoms with Gasteiger partial charge in [0.05, 0.1) is 0 Å². The number of nitrogens with two attached hydrogens (primary N) is 1. The lowest BCUT2D eigenvalue weighted by atomic mass is 9.83. The number of methoxy groups -OCH3 is 1. The normalized spacial score (nSPS) is 24.3. The zero-order chi connectivity index (χ0) is 14.4. The van der Waals surface area contributed by atoms with E-state index in [4.69, 9.17) is 15.5 Å². The molecule has 20 heavy (non-hydrogen) atoms. The minimum absolute atomic E-state index is 0.351. The molecule has 1 saturated heterocycles. The second kappa shape index (κ2) is 7.30. The second-order valence-corrected chi connectivity index (χ2v) is 6.79. The van der Waals surface area contributed by atoms with E-state index in [0.29, 0.717) is 5.41 Å². The topological polar surface area (TPSA) is 50.9 Å². The first-order valence-corrected chi connectivity index (χ1v) is 8.19. The van der Waals surface area contributed by atoms with Crippen LogP contribution in [0.3, 0.4) is 0 Å². The first-order valence-electron chi connectivity index (χ1n) is 8.19. The van der Waals surface area contributed by atoms with Gasteiger partial charge in [-0.25, -0.2) is 0 Å². The Bertz CT molecular complexity index is 316. The van der Waals surface area contributed by atoms with E-state index in [2.05, 4.69) is 11.8 Å². The summed E-state index contributed by atoms with van der Waals surface area (Å²) in [7, 11) is 1.79. The van der Waals surface area contributed by atoms with Gasteiger partial charge in [0.15, 0.2) is 5.96 Å². The molecule has 0 radical (unpaired) electrons. The van der Waals surface area contributed by atoms with Crippen molar-refractivity contribution < 1.29 is 4.74 Å². The van der Waals surface area contributed by atoms with Crippen LogP contribution in [-0.4, -0.2) is 44.2 Å². The molecule has 1 aliphatic carbocycles. The number of aliphatic imine (C=N–C) groups is 1. The third kappa shape index (κ3) is 4.11. The van der Waals surface area contributed by atoms with Crippen LogP contribution in [0, 0.1) is 11.3 Å². The van der Waals surface area contributed by atoms with Crippen LogP contribution in [0.4, 0.5) is 0 Å². The van der Waals surface area contributed by atoms with Gasteiger partial charge < -0.3 is 15.4 Å². The third-order valence-corrected chi connectivity index (χ3v) is 5.18. The molecule has 0 aromatic heterocycles. The Hall–Kier alpha value is -0.770. The van der Waals surface area contributed by atoms with Crippen molar-refractivity contribution in [2.45, 2.75) is 51.9 Å². The maximum atomic E-state index is 6.20. The van der Waals surface area contributed by atoms with Crippen LogP contribution in [0.1, 0.15) is 51.9 Å².